The molecule has 4 aromatic rings. The van der Waals surface area contributed by atoms with Crippen molar-refractivity contribution >= 4 is 34.4 Å². The van der Waals surface area contributed by atoms with Crippen LogP contribution in [0.4, 0.5) is 0 Å². The lowest BCUT2D eigenvalue weighted by Crippen LogP contribution is -2.41. The van der Waals surface area contributed by atoms with Gasteiger partial charge >= 0.3 is 0 Å². The van der Waals surface area contributed by atoms with Crippen molar-refractivity contribution < 1.29 is 9.59 Å². The molecule has 1 atom stereocenters. The highest BCUT2D eigenvalue weighted by molar-refractivity contribution is 6.30. The van der Waals surface area contributed by atoms with Crippen LogP contribution in [-0.4, -0.2) is 21.4 Å². The van der Waals surface area contributed by atoms with Gasteiger partial charge in [0.2, 0.25) is 11.8 Å². The predicted octanol–water partition coefficient (Wildman–Crippen LogP) is 4.43. The van der Waals surface area contributed by atoms with Gasteiger partial charge in [-0.1, -0.05) is 73.1 Å². The molecule has 33 heavy (non-hydrogen) atoms. The van der Waals surface area contributed by atoms with Gasteiger partial charge < -0.3 is 15.2 Å². The molecule has 4 rings (SSSR count). The van der Waals surface area contributed by atoms with Crippen LogP contribution in [0.25, 0.3) is 11.0 Å². The number of aromatic nitrogens is 2. The van der Waals surface area contributed by atoms with Crippen molar-refractivity contribution in [3.8, 4) is 0 Å². The van der Waals surface area contributed by atoms with Crippen molar-refractivity contribution in [3.63, 3.8) is 0 Å². The molecule has 0 aliphatic heterocycles. The molecule has 2 N–H and O–H groups in total. The summed E-state index contributed by atoms with van der Waals surface area (Å²) in [5, 5.41) is 6.47. The van der Waals surface area contributed by atoms with Gasteiger partial charge in [0.05, 0.1) is 11.0 Å². The van der Waals surface area contributed by atoms with E-state index in [0.29, 0.717) is 23.6 Å². The maximum absolute atomic E-state index is 13.1. The topological polar surface area (TPSA) is 76.0 Å². The van der Waals surface area contributed by atoms with Crippen LogP contribution in [0.5, 0.6) is 0 Å². The molecule has 0 bridgehead atoms. The first-order valence-electron chi connectivity index (χ1n) is 10.9. The first-order valence-corrected chi connectivity index (χ1v) is 11.2. The van der Waals surface area contributed by atoms with Crippen LogP contribution >= 0.6 is 11.6 Å². The van der Waals surface area contributed by atoms with Gasteiger partial charge in [0.15, 0.2) is 0 Å². The molecule has 0 fully saturated rings. The van der Waals surface area contributed by atoms with Gasteiger partial charge in [-0.15, -0.1) is 0 Å². The molecule has 6 nitrogen and oxygen atoms in total. The maximum atomic E-state index is 13.1. The summed E-state index contributed by atoms with van der Waals surface area (Å²) in [6, 6.07) is 23.4. The number of carbonyl (C=O) groups is 2. The summed E-state index contributed by atoms with van der Waals surface area (Å²) in [6.45, 7) is 2.42. The Balaban J connectivity index is 1.51. The Morgan fingerprint density at radius 1 is 0.970 bits per heavy atom. The molecule has 0 aliphatic carbocycles. The minimum atomic E-state index is -0.814. The van der Waals surface area contributed by atoms with E-state index in [1.54, 1.807) is 12.1 Å². The number of hydrogen-bond donors (Lipinski definition) is 2. The predicted molar refractivity (Wildman–Crippen MR) is 130 cm³/mol. The van der Waals surface area contributed by atoms with E-state index in [1.165, 1.54) is 0 Å². The van der Waals surface area contributed by atoms with Crippen LogP contribution < -0.4 is 10.6 Å². The summed E-state index contributed by atoms with van der Waals surface area (Å²) in [5.74, 6) is 0.286. The Morgan fingerprint density at radius 2 is 1.67 bits per heavy atom. The van der Waals surface area contributed by atoms with E-state index in [2.05, 4.69) is 15.6 Å². The van der Waals surface area contributed by atoms with Crippen LogP contribution in [-0.2, 0) is 29.1 Å². The van der Waals surface area contributed by atoms with Gasteiger partial charge in [-0.2, -0.15) is 0 Å². The molecule has 168 valence electrons. The molecule has 1 aromatic heterocycles. The van der Waals surface area contributed by atoms with Crippen LogP contribution in [0.15, 0.2) is 78.9 Å². The fourth-order valence-corrected chi connectivity index (χ4v) is 3.89. The molecular weight excluding hydrogens is 436 g/mol. The Morgan fingerprint density at radius 3 is 2.39 bits per heavy atom. The van der Waals surface area contributed by atoms with Gasteiger partial charge in [0.1, 0.15) is 18.4 Å². The average Bonchev–Trinajstić information content (AvgIpc) is 3.20. The van der Waals surface area contributed by atoms with Gasteiger partial charge in [0.25, 0.3) is 0 Å². The standard InChI is InChI=1S/C26H25ClN4O2/c1-2-23-29-21-10-6-7-11-22(21)31(23)17-24(32)30-25(19-8-4-3-5-9-19)26(33)28-16-18-12-14-20(27)15-13-18/h3-15,25H,2,16-17H2,1H3,(H,28,33)(H,30,32). The third-order valence-corrected chi connectivity index (χ3v) is 5.68. The molecule has 2 amide bonds. The number of halogens is 1. The maximum Gasteiger partial charge on any atom is 0.247 e. The Kier molecular flexibility index (Phi) is 7.05. The largest absolute Gasteiger partial charge is 0.350 e. The van der Waals surface area contributed by atoms with E-state index in [4.69, 9.17) is 11.6 Å². The normalized spacial score (nSPS) is 11.8. The molecule has 0 spiro atoms. The van der Waals surface area contributed by atoms with Crippen molar-refractivity contribution in [1.29, 1.82) is 0 Å². The third-order valence-electron chi connectivity index (χ3n) is 5.43. The number of benzene rings is 3. The van der Waals surface area contributed by atoms with Crippen LogP contribution in [0.3, 0.4) is 0 Å². The zero-order chi connectivity index (χ0) is 23.2. The highest BCUT2D eigenvalue weighted by atomic mass is 35.5. The second kappa shape index (κ2) is 10.3. The monoisotopic (exact) mass is 460 g/mol. The summed E-state index contributed by atoms with van der Waals surface area (Å²) in [5.41, 5.74) is 3.38. The molecule has 1 heterocycles. The van der Waals surface area contributed by atoms with Gasteiger partial charge in [-0.3, -0.25) is 9.59 Å². The van der Waals surface area contributed by atoms with Gasteiger partial charge in [-0.25, -0.2) is 4.98 Å². The summed E-state index contributed by atoms with van der Waals surface area (Å²) >= 11 is 5.94. The Bertz CT molecular complexity index is 1250. The molecule has 7 heteroatoms. The quantitative estimate of drug-likeness (QED) is 0.408. The number of nitrogens with one attached hydrogen (secondary N) is 2. The Hall–Kier alpha value is -3.64. The summed E-state index contributed by atoms with van der Waals surface area (Å²) < 4.78 is 1.90. The van der Waals surface area contributed by atoms with Crippen LogP contribution in [0.1, 0.15) is 29.9 Å². The van der Waals surface area contributed by atoms with E-state index in [1.807, 2.05) is 78.2 Å². The summed E-state index contributed by atoms with van der Waals surface area (Å²) in [6.07, 6.45) is 0.700. The van der Waals surface area contributed by atoms with Gasteiger partial charge in [-0.05, 0) is 35.4 Å². The molecule has 0 saturated carbocycles. The lowest BCUT2D eigenvalue weighted by molar-refractivity contribution is -0.129. The zero-order valence-corrected chi connectivity index (χ0v) is 19.0. The van der Waals surface area contributed by atoms with Crippen LogP contribution in [0, 0.1) is 0 Å². The van der Waals surface area contributed by atoms with E-state index in [-0.39, 0.29) is 18.4 Å². The molecule has 1 unspecified atom stereocenters. The molecule has 0 aliphatic rings. The van der Waals surface area contributed by atoms with E-state index in [9.17, 15) is 9.59 Å². The zero-order valence-electron chi connectivity index (χ0n) is 18.3. The van der Waals surface area contributed by atoms with Crippen molar-refractivity contribution in [2.75, 3.05) is 0 Å². The number of rotatable bonds is 8. The lowest BCUT2D eigenvalue weighted by Gasteiger charge is -2.20. The second-order valence-electron chi connectivity index (χ2n) is 7.71. The SMILES string of the molecule is CCc1nc2ccccc2n1CC(=O)NC(C(=O)NCc1ccc(Cl)cc1)c1ccccc1. The minimum Gasteiger partial charge on any atom is -0.350 e. The molecule has 0 radical (unpaired) electrons. The number of carbonyl (C=O) groups excluding carboxylic acids is 2. The fraction of sp³-hybridized carbons (Fsp3) is 0.192. The first-order chi connectivity index (χ1) is 16.0. The number of aryl methyl sites for hydroxylation is 1. The van der Waals surface area contributed by atoms with Crippen molar-refractivity contribution in [3.05, 3.63) is 101 Å². The number of imidazole rings is 1. The molecular formula is C26H25ClN4O2. The smallest absolute Gasteiger partial charge is 0.247 e. The fourth-order valence-electron chi connectivity index (χ4n) is 3.76. The second-order valence-corrected chi connectivity index (χ2v) is 8.15. The summed E-state index contributed by atoms with van der Waals surface area (Å²) in [4.78, 5) is 30.8. The molecule has 3 aromatic carbocycles. The van der Waals surface area contributed by atoms with Crippen LogP contribution in [0.2, 0.25) is 5.02 Å². The van der Waals surface area contributed by atoms with Crippen molar-refractivity contribution in [2.45, 2.75) is 32.5 Å². The van der Waals surface area contributed by atoms with Gasteiger partial charge in [0, 0.05) is 18.0 Å². The lowest BCUT2D eigenvalue weighted by atomic mass is 10.1. The summed E-state index contributed by atoms with van der Waals surface area (Å²) in [7, 11) is 0. The average molecular weight is 461 g/mol. The van der Waals surface area contributed by atoms with E-state index >= 15 is 0 Å². The number of nitrogens with zero attached hydrogens (tertiary/aromatic N) is 2. The van der Waals surface area contributed by atoms with E-state index < -0.39 is 6.04 Å². The molecule has 0 saturated heterocycles. The number of amides is 2. The Labute approximate surface area is 197 Å². The number of fused-ring (bicyclic) bond motifs is 1. The minimum absolute atomic E-state index is 0.0808. The third kappa shape index (κ3) is 5.41. The van der Waals surface area contributed by atoms with Crippen molar-refractivity contribution in [1.82, 2.24) is 20.2 Å². The number of hydrogen-bond acceptors (Lipinski definition) is 3. The highest BCUT2D eigenvalue weighted by Crippen LogP contribution is 2.18. The highest BCUT2D eigenvalue weighted by Gasteiger charge is 2.23. The first kappa shape index (κ1) is 22.6. The van der Waals surface area contributed by atoms with Crippen molar-refractivity contribution in [2.24, 2.45) is 0 Å². The number of para-hydroxylation sites is 2. The van der Waals surface area contributed by atoms with E-state index in [0.717, 1.165) is 22.4 Å².